The van der Waals surface area contributed by atoms with Crippen LogP contribution in [0.3, 0.4) is 0 Å². The van der Waals surface area contributed by atoms with E-state index in [1.807, 2.05) is 13.8 Å². The minimum absolute atomic E-state index is 0.0458. The lowest BCUT2D eigenvalue weighted by atomic mass is 10.2. The molecule has 0 aromatic rings. The number of ether oxygens (including phenoxy) is 1. The van der Waals surface area contributed by atoms with E-state index in [2.05, 4.69) is 15.9 Å². The summed E-state index contributed by atoms with van der Waals surface area (Å²) in [6, 6.07) is 1.99. The third kappa shape index (κ3) is 2.94. The van der Waals surface area contributed by atoms with Gasteiger partial charge in [0.05, 0.1) is 19.2 Å². The van der Waals surface area contributed by atoms with E-state index in [1.165, 1.54) is 7.11 Å². The number of rotatable bonds is 3. The van der Waals surface area contributed by atoms with Crippen molar-refractivity contribution >= 4 is 5.97 Å². The highest BCUT2D eigenvalue weighted by molar-refractivity contribution is 5.75. The maximum Gasteiger partial charge on any atom is 0.322 e. The Balaban J connectivity index is 2.43. The Kier molecular flexibility index (Phi) is 4.71. The summed E-state index contributed by atoms with van der Waals surface area (Å²) in [4.78, 5) is 15.6. The van der Waals surface area contributed by atoms with Crippen LogP contribution >= 0.6 is 0 Å². The predicted molar refractivity (Wildman–Crippen MR) is 59.7 cm³/mol. The smallest absolute Gasteiger partial charge is 0.322 e. The number of carbonyl (C=O) groups is 1. The summed E-state index contributed by atoms with van der Waals surface area (Å²) in [5, 5.41) is 8.81. The van der Waals surface area contributed by atoms with Crippen LogP contribution in [0, 0.1) is 11.3 Å². The number of methoxy groups -OCH3 is 1. The fourth-order valence-electron chi connectivity index (χ4n) is 1.91. The third-order valence-corrected chi connectivity index (χ3v) is 3.17. The van der Waals surface area contributed by atoms with Crippen LogP contribution in [0.4, 0.5) is 0 Å². The van der Waals surface area contributed by atoms with Gasteiger partial charge in [-0.3, -0.25) is 14.6 Å². The van der Waals surface area contributed by atoms with Gasteiger partial charge in [0.25, 0.3) is 0 Å². The molecule has 0 bridgehead atoms. The van der Waals surface area contributed by atoms with Crippen molar-refractivity contribution in [1.29, 1.82) is 5.26 Å². The van der Waals surface area contributed by atoms with E-state index in [4.69, 9.17) is 10.00 Å². The highest BCUT2D eigenvalue weighted by Crippen LogP contribution is 2.09. The molecule has 0 aromatic heterocycles. The van der Waals surface area contributed by atoms with Gasteiger partial charge in [-0.1, -0.05) is 0 Å². The van der Waals surface area contributed by atoms with Crippen LogP contribution in [0.2, 0.25) is 0 Å². The fraction of sp³-hybridized carbons (Fsp3) is 0.818. The summed E-state index contributed by atoms with van der Waals surface area (Å²) in [5.41, 5.74) is 0. The number of carbonyl (C=O) groups excluding carboxylic acids is 1. The Morgan fingerprint density at radius 2 is 1.75 bits per heavy atom. The molecule has 0 aromatic carbocycles. The monoisotopic (exact) mass is 225 g/mol. The standard InChI is InChI=1S/C11H19N3O2/c1-9(8-12)13-4-6-14(7-5-13)10(2)11(15)16-3/h9-10H,4-7H2,1-3H3. The molecule has 0 saturated carbocycles. The van der Waals surface area contributed by atoms with E-state index in [-0.39, 0.29) is 18.1 Å². The molecular weight excluding hydrogens is 206 g/mol. The average Bonchev–Trinajstić information content (AvgIpc) is 2.36. The zero-order valence-electron chi connectivity index (χ0n) is 10.1. The van der Waals surface area contributed by atoms with Gasteiger partial charge in [0.1, 0.15) is 6.04 Å². The Hall–Kier alpha value is -1.12. The number of hydrogen-bond acceptors (Lipinski definition) is 5. The number of nitrogens with zero attached hydrogens (tertiary/aromatic N) is 3. The van der Waals surface area contributed by atoms with Crippen LogP contribution in [0.15, 0.2) is 0 Å². The van der Waals surface area contributed by atoms with Crippen molar-refractivity contribution in [1.82, 2.24) is 9.80 Å². The molecule has 0 radical (unpaired) electrons. The van der Waals surface area contributed by atoms with Gasteiger partial charge in [-0.25, -0.2) is 0 Å². The second kappa shape index (κ2) is 5.83. The van der Waals surface area contributed by atoms with Crippen molar-refractivity contribution in [2.24, 2.45) is 0 Å². The van der Waals surface area contributed by atoms with Crippen LogP contribution in [0.25, 0.3) is 0 Å². The lowest BCUT2D eigenvalue weighted by molar-refractivity contribution is -0.147. The summed E-state index contributed by atoms with van der Waals surface area (Å²) in [6.45, 7) is 7.03. The number of nitriles is 1. The van der Waals surface area contributed by atoms with Gasteiger partial charge in [-0.05, 0) is 13.8 Å². The van der Waals surface area contributed by atoms with Crippen molar-refractivity contribution in [3.63, 3.8) is 0 Å². The molecule has 0 spiro atoms. The summed E-state index contributed by atoms with van der Waals surface area (Å²) in [7, 11) is 1.41. The largest absolute Gasteiger partial charge is 0.468 e. The average molecular weight is 225 g/mol. The Bertz CT molecular complexity index is 279. The van der Waals surface area contributed by atoms with Crippen LogP contribution in [0.1, 0.15) is 13.8 Å². The second-order valence-electron chi connectivity index (χ2n) is 4.08. The molecule has 1 rings (SSSR count). The second-order valence-corrected chi connectivity index (χ2v) is 4.08. The molecule has 1 aliphatic rings. The predicted octanol–water partition coefficient (Wildman–Crippen LogP) is 0.0776. The van der Waals surface area contributed by atoms with E-state index in [0.717, 1.165) is 26.2 Å². The molecule has 5 nitrogen and oxygen atoms in total. The Morgan fingerprint density at radius 3 is 2.19 bits per heavy atom. The van der Waals surface area contributed by atoms with E-state index in [1.54, 1.807) is 0 Å². The first-order valence-electron chi connectivity index (χ1n) is 5.55. The number of piperazine rings is 1. The van der Waals surface area contributed by atoms with Crippen molar-refractivity contribution in [2.45, 2.75) is 25.9 Å². The quantitative estimate of drug-likeness (QED) is 0.637. The minimum Gasteiger partial charge on any atom is -0.468 e. The van der Waals surface area contributed by atoms with Crippen LogP contribution < -0.4 is 0 Å². The molecule has 1 heterocycles. The van der Waals surface area contributed by atoms with Gasteiger partial charge in [0.15, 0.2) is 0 Å². The SMILES string of the molecule is COC(=O)C(C)N1CCN(C(C)C#N)CC1. The van der Waals surface area contributed by atoms with Gasteiger partial charge >= 0.3 is 5.97 Å². The highest BCUT2D eigenvalue weighted by Gasteiger charge is 2.27. The number of hydrogen-bond donors (Lipinski definition) is 0. The molecule has 90 valence electrons. The molecule has 5 heteroatoms. The molecule has 0 aliphatic carbocycles. The minimum atomic E-state index is -0.193. The topological polar surface area (TPSA) is 56.6 Å². The molecule has 0 N–H and O–H groups in total. The van der Waals surface area contributed by atoms with Crippen molar-refractivity contribution in [2.75, 3.05) is 33.3 Å². The lowest BCUT2D eigenvalue weighted by Crippen LogP contribution is -2.53. The van der Waals surface area contributed by atoms with Crippen LogP contribution in [0.5, 0.6) is 0 Å². The van der Waals surface area contributed by atoms with E-state index in [9.17, 15) is 4.79 Å². The maximum atomic E-state index is 11.4. The Labute approximate surface area is 96.6 Å². The Morgan fingerprint density at radius 1 is 1.25 bits per heavy atom. The van der Waals surface area contributed by atoms with E-state index in [0.29, 0.717) is 0 Å². The summed E-state index contributed by atoms with van der Waals surface area (Å²) in [6.07, 6.45) is 0. The van der Waals surface area contributed by atoms with Gasteiger partial charge < -0.3 is 4.74 Å². The molecule has 1 saturated heterocycles. The summed E-state index contributed by atoms with van der Waals surface area (Å²) in [5.74, 6) is -0.193. The molecule has 2 atom stereocenters. The van der Waals surface area contributed by atoms with E-state index < -0.39 is 0 Å². The zero-order chi connectivity index (χ0) is 12.1. The lowest BCUT2D eigenvalue weighted by Gasteiger charge is -2.37. The molecule has 0 amide bonds. The van der Waals surface area contributed by atoms with Crippen molar-refractivity contribution in [3.05, 3.63) is 0 Å². The molecule has 1 aliphatic heterocycles. The van der Waals surface area contributed by atoms with Gasteiger partial charge in [-0.15, -0.1) is 0 Å². The first kappa shape index (κ1) is 12.9. The van der Waals surface area contributed by atoms with Crippen LogP contribution in [-0.2, 0) is 9.53 Å². The van der Waals surface area contributed by atoms with Gasteiger partial charge in [0.2, 0.25) is 0 Å². The molecule has 1 fully saturated rings. The summed E-state index contributed by atoms with van der Waals surface area (Å²) < 4.78 is 4.71. The summed E-state index contributed by atoms with van der Waals surface area (Å²) >= 11 is 0. The third-order valence-electron chi connectivity index (χ3n) is 3.17. The van der Waals surface area contributed by atoms with Gasteiger partial charge in [-0.2, -0.15) is 5.26 Å². The van der Waals surface area contributed by atoms with Gasteiger partial charge in [0, 0.05) is 26.2 Å². The van der Waals surface area contributed by atoms with Crippen molar-refractivity contribution in [3.8, 4) is 6.07 Å². The number of esters is 1. The first-order valence-corrected chi connectivity index (χ1v) is 5.55. The molecule has 16 heavy (non-hydrogen) atoms. The van der Waals surface area contributed by atoms with Crippen LogP contribution in [-0.4, -0.2) is 61.1 Å². The highest BCUT2D eigenvalue weighted by atomic mass is 16.5. The zero-order valence-corrected chi connectivity index (χ0v) is 10.1. The fourth-order valence-corrected chi connectivity index (χ4v) is 1.91. The van der Waals surface area contributed by atoms with E-state index >= 15 is 0 Å². The van der Waals surface area contributed by atoms with Crippen molar-refractivity contribution < 1.29 is 9.53 Å². The first-order chi connectivity index (χ1) is 7.60. The maximum absolute atomic E-state index is 11.4. The molecule has 2 unspecified atom stereocenters. The normalized spacial score (nSPS) is 22.1. The molecular formula is C11H19N3O2.